The van der Waals surface area contributed by atoms with Crippen molar-refractivity contribution in [2.24, 2.45) is 0 Å². The monoisotopic (exact) mass is 389 g/mol. The van der Waals surface area contributed by atoms with Gasteiger partial charge in [-0.15, -0.1) is 11.3 Å². The summed E-state index contributed by atoms with van der Waals surface area (Å²) in [4.78, 5) is 1.12. The molecule has 2 nitrogen and oxygen atoms in total. The van der Waals surface area contributed by atoms with Gasteiger partial charge in [0.25, 0.3) is 0 Å². The number of aliphatic hydroxyl groups is 1. The van der Waals surface area contributed by atoms with Crippen molar-refractivity contribution in [3.8, 4) is 0 Å². The van der Waals surface area contributed by atoms with Crippen LogP contribution in [0.5, 0.6) is 0 Å². The molecule has 0 radical (unpaired) electrons. The number of benzene rings is 1. The molecule has 96 valence electrons. The van der Waals surface area contributed by atoms with Crippen LogP contribution < -0.4 is 5.32 Å². The van der Waals surface area contributed by atoms with Crippen LogP contribution in [0.2, 0.25) is 0 Å². The van der Waals surface area contributed by atoms with Crippen LogP contribution in [0.15, 0.2) is 44.7 Å². The lowest BCUT2D eigenvalue weighted by molar-refractivity contribution is 0.245. The minimum atomic E-state index is -0.0298. The Balaban J connectivity index is 2.02. The van der Waals surface area contributed by atoms with E-state index in [9.17, 15) is 5.11 Å². The van der Waals surface area contributed by atoms with Crippen molar-refractivity contribution < 1.29 is 5.11 Å². The van der Waals surface area contributed by atoms with Crippen LogP contribution in [-0.4, -0.2) is 11.7 Å². The van der Waals surface area contributed by atoms with Gasteiger partial charge in [0.2, 0.25) is 0 Å². The summed E-state index contributed by atoms with van der Waals surface area (Å²) in [6.07, 6.45) is 0. The van der Waals surface area contributed by atoms with Crippen molar-refractivity contribution in [3.63, 3.8) is 0 Å². The minimum absolute atomic E-state index is 0.0298. The maximum absolute atomic E-state index is 9.47. The van der Waals surface area contributed by atoms with Gasteiger partial charge in [0.15, 0.2) is 0 Å². The Labute approximate surface area is 127 Å². The van der Waals surface area contributed by atoms with Crippen LogP contribution >= 0.6 is 43.2 Å². The fourth-order valence-corrected chi connectivity index (χ4v) is 3.78. The smallest absolute Gasteiger partial charge is 0.0843 e. The van der Waals surface area contributed by atoms with E-state index in [1.165, 1.54) is 5.56 Å². The molecule has 1 aromatic carbocycles. The summed E-state index contributed by atoms with van der Waals surface area (Å²) in [5, 5.41) is 12.8. The second-order valence-electron chi connectivity index (χ2n) is 3.87. The first-order valence-electron chi connectivity index (χ1n) is 5.53. The molecule has 0 fully saturated rings. The number of rotatable bonds is 5. The third-order valence-electron chi connectivity index (χ3n) is 2.59. The molecule has 0 aliphatic carbocycles. The molecule has 1 atom stereocenters. The van der Waals surface area contributed by atoms with E-state index < -0.39 is 0 Å². The predicted octanol–water partition coefficient (Wildman–Crippen LogP) is 4.10. The standard InChI is InChI=1S/C13H13Br2NOS/c14-10-6-12(18-13(10)15)11(8-17)16-7-9-4-2-1-3-5-9/h1-6,11,16-17H,7-8H2. The highest BCUT2D eigenvalue weighted by atomic mass is 79.9. The largest absolute Gasteiger partial charge is 0.394 e. The molecule has 2 rings (SSSR count). The first-order valence-corrected chi connectivity index (χ1v) is 7.94. The summed E-state index contributed by atoms with van der Waals surface area (Å²) in [5.74, 6) is 0. The Morgan fingerprint density at radius 1 is 1.22 bits per heavy atom. The van der Waals surface area contributed by atoms with E-state index in [0.29, 0.717) is 0 Å². The molecule has 1 heterocycles. The Hall–Kier alpha value is -0.200. The highest BCUT2D eigenvalue weighted by Gasteiger charge is 2.14. The lowest BCUT2D eigenvalue weighted by atomic mass is 10.2. The van der Waals surface area contributed by atoms with Gasteiger partial charge >= 0.3 is 0 Å². The minimum Gasteiger partial charge on any atom is -0.394 e. The van der Waals surface area contributed by atoms with E-state index in [2.05, 4.69) is 49.3 Å². The normalized spacial score (nSPS) is 12.6. The molecule has 0 aliphatic rings. The molecule has 0 aliphatic heterocycles. The third kappa shape index (κ3) is 3.65. The van der Waals surface area contributed by atoms with Gasteiger partial charge in [-0.05, 0) is 43.5 Å². The van der Waals surface area contributed by atoms with Gasteiger partial charge < -0.3 is 10.4 Å². The van der Waals surface area contributed by atoms with Crippen molar-refractivity contribution in [1.29, 1.82) is 0 Å². The van der Waals surface area contributed by atoms with E-state index in [-0.39, 0.29) is 12.6 Å². The zero-order valence-corrected chi connectivity index (χ0v) is 13.6. The van der Waals surface area contributed by atoms with Gasteiger partial charge in [-0.1, -0.05) is 30.3 Å². The number of halogens is 2. The molecule has 1 unspecified atom stereocenters. The van der Waals surface area contributed by atoms with Crippen molar-refractivity contribution in [2.45, 2.75) is 12.6 Å². The molecule has 0 saturated heterocycles. The number of hydrogen-bond donors (Lipinski definition) is 2. The molecule has 0 saturated carbocycles. The number of aliphatic hydroxyl groups excluding tert-OH is 1. The molecule has 5 heteroatoms. The summed E-state index contributed by atoms with van der Waals surface area (Å²) >= 11 is 8.56. The molecule has 2 N–H and O–H groups in total. The zero-order valence-electron chi connectivity index (χ0n) is 9.57. The van der Waals surface area contributed by atoms with Gasteiger partial charge in [-0.25, -0.2) is 0 Å². The van der Waals surface area contributed by atoms with Gasteiger partial charge in [-0.2, -0.15) is 0 Å². The van der Waals surface area contributed by atoms with Crippen LogP contribution in [0, 0.1) is 0 Å². The fraction of sp³-hybridized carbons (Fsp3) is 0.231. The molecular weight excluding hydrogens is 378 g/mol. The van der Waals surface area contributed by atoms with Crippen molar-refractivity contribution in [3.05, 3.63) is 55.1 Å². The van der Waals surface area contributed by atoms with Crippen LogP contribution in [-0.2, 0) is 6.54 Å². The average molecular weight is 391 g/mol. The molecule has 0 spiro atoms. The Bertz CT molecular complexity index is 481. The topological polar surface area (TPSA) is 32.3 Å². The first kappa shape index (κ1) is 14.2. The van der Waals surface area contributed by atoms with Crippen LogP contribution in [0.4, 0.5) is 0 Å². The summed E-state index contributed by atoms with van der Waals surface area (Å²) in [6, 6.07) is 12.2. The molecule has 18 heavy (non-hydrogen) atoms. The second-order valence-corrected chi connectivity index (χ2v) is 7.13. The summed E-state index contributed by atoms with van der Waals surface area (Å²) in [7, 11) is 0. The molecule has 2 aromatic rings. The second kappa shape index (κ2) is 6.82. The van der Waals surface area contributed by atoms with Gasteiger partial charge in [0, 0.05) is 15.9 Å². The molecule has 0 amide bonds. The van der Waals surface area contributed by atoms with Crippen LogP contribution in [0.25, 0.3) is 0 Å². The predicted molar refractivity (Wildman–Crippen MR) is 82.8 cm³/mol. The average Bonchev–Trinajstić information content (AvgIpc) is 2.71. The summed E-state index contributed by atoms with van der Waals surface area (Å²) in [5.41, 5.74) is 1.21. The first-order chi connectivity index (χ1) is 8.70. The summed E-state index contributed by atoms with van der Waals surface area (Å²) < 4.78 is 2.08. The quantitative estimate of drug-likeness (QED) is 0.805. The SMILES string of the molecule is OCC(NCc1ccccc1)c1cc(Br)c(Br)s1. The molecule has 0 bridgehead atoms. The Kier molecular flexibility index (Phi) is 5.38. The van der Waals surface area contributed by atoms with Crippen molar-refractivity contribution in [1.82, 2.24) is 5.32 Å². The van der Waals surface area contributed by atoms with Crippen molar-refractivity contribution in [2.75, 3.05) is 6.61 Å². The maximum Gasteiger partial charge on any atom is 0.0843 e. The van der Waals surface area contributed by atoms with Gasteiger partial charge in [0.05, 0.1) is 16.4 Å². The van der Waals surface area contributed by atoms with E-state index >= 15 is 0 Å². The zero-order chi connectivity index (χ0) is 13.0. The van der Waals surface area contributed by atoms with E-state index in [1.807, 2.05) is 24.3 Å². The number of hydrogen-bond acceptors (Lipinski definition) is 3. The molecular formula is C13H13Br2NOS. The maximum atomic E-state index is 9.47. The Morgan fingerprint density at radius 3 is 2.50 bits per heavy atom. The van der Waals surface area contributed by atoms with Crippen LogP contribution in [0.1, 0.15) is 16.5 Å². The van der Waals surface area contributed by atoms with Crippen LogP contribution in [0.3, 0.4) is 0 Å². The third-order valence-corrected chi connectivity index (χ3v) is 5.96. The van der Waals surface area contributed by atoms with E-state index in [1.54, 1.807) is 11.3 Å². The molecule has 1 aromatic heterocycles. The van der Waals surface area contributed by atoms with E-state index in [4.69, 9.17) is 0 Å². The lowest BCUT2D eigenvalue weighted by Gasteiger charge is -2.14. The highest BCUT2D eigenvalue weighted by molar-refractivity contribution is 9.13. The highest BCUT2D eigenvalue weighted by Crippen LogP contribution is 2.35. The van der Waals surface area contributed by atoms with E-state index in [0.717, 1.165) is 19.7 Å². The fourth-order valence-electron chi connectivity index (χ4n) is 1.63. The Morgan fingerprint density at radius 2 is 1.94 bits per heavy atom. The van der Waals surface area contributed by atoms with Crippen molar-refractivity contribution >= 4 is 43.2 Å². The van der Waals surface area contributed by atoms with Gasteiger partial charge in [0.1, 0.15) is 0 Å². The lowest BCUT2D eigenvalue weighted by Crippen LogP contribution is -2.23. The number of thiophene rings is 1. The summed E-state index contributed by atoms with van der Waals surface area (Å²) in [6.45, 7) is 0.839. The van der Waals surface area contributed by atoms with Gasteiger partial charge in [-0.3, -0.25) is 0 Å². The number of nitrogens with one attached hydrogen (secondary N) is 1.